The highest BCUT2D eigenvalue weighted by Gasteiger charge is 2.14. The minimum Gasteiger partial charge on any atom is -0.481 e. The van der Waals surface area contributed by atoms with Crippen LogP contribution in [0.1, 0.15) is 39.2 Å². The topological polar surface area (TPSA) is 84.2 Å². The summed E-state index contributed by atoms with van der Waals surface area (Å²) in [5.74, 6) is -0.561. The number of nitrogens with one attached hydrogen (secondary N) is 1. The van der Waals surface area contributed by atoms with Gasteiger partial charge in [0, 0.05) is 25.4 Å². The molecule has 0 radical (unpaired) electrons. The van der Waals surface area contributed by atoms with Crippen LogP contribution in [0.2, 0.25) is 0 Å². The average molecular weight is 267 g/mol. The van der Waals surface area contributed by atoms with E-state index in [1.807, 2.05) is 6.92 Å². The van der Waals surface area contributed by atoms with E-state index in [-0.39, 0.29) is 24.3 Å². The molecule has 0 aromatic carbocycles. The second-order valence-corrected chi connectivity index (χ2v) is 4.78. The maximum Gasteiger partial charge on any atom is 0.303 e. The Morgan fingerprint density at radius 2 is 2.11 bits per heavy atom. The number of aliphatic carboxylic acids is 1. The number of carbonyl (C=O) groups is 2. The molecule has 0 aliphatic heterocycles. The van der Waals surface area contributed by atoms with Gasteiger partial charge in [-0.25, -0.2) is 0 Å². The fourth-order valence-corrected chi connectivity index (χ4v) is 1.73. The molecule has 0 spiro atoms. The minimum atomic E-state index is -0.775. The Morgan fingerprint density at radius 1 is 1.37 bits per heavy atom. The molecule has 2 unspecified atom stereocenters. The van der Waals surface area contributed by atoms with Crippen LogP contribution in [0.3, 0.4) is 0 Å². The van der Waals surface area contributed by atoms with Crippen molar-refractivity contribution in [3.8, 4) is 0 Å². The van der Waals surface area contributed by atoms with Gasteiger partial charge in [0.2, 0.25) is 5.91 Å². The lowest BCUT2D eigenvalue weighted by Crippen LogP contribution is -2.32. The van der Waals surface area contributed by atoms with Gasteiger partial charge >= 0.3 is 5.97 Å². The second kappa shape index (κ2) is 7.56. The van der Waals surface area contributed by atoms with Crippen molar-refractivity contribution in [2.45, 2.75) is 39.2 Å². The zero-order valence-corrected chi connectivity index (χ0v) is 11.4. The van der Waals surface area contributed by atoms with Gasteiger partial charge in [0.1, 0.15) is 6.04 Å². The summed E-state index contributed by atoms with van der Waals surface area (Å²) in [6.07, 6.45) is 4.99. The van der Waals surface area contributed by atoms with E-state index in [1.54, 1.807) is 30.1 Å². The van der Waals surface area contributed by atoms with Crippen molar-refractivity contribution in [1.29, 1.82) is 0 Å². The molecular formula is C13H21N3O3. The Bertz CT molecular complexity index is 403. The molecule has 1 aromatic rings. The van der Waals surface area contributed by atoms with E-state index < -0.39 is 5.97 Å². The van der Waals surface area contributed by atoms with Gasteiger partial charge in [-0.05, 0) is 31.7 Å². The van der Waals surface area contributed by atoms with Crippen LogP contribution in [0, 0.1) is 5.92 Å². The Balaban J connectivity index is 2.21. The van der Waals surface area contributed by atoms with Gasteiger partial charge in [0.25, 0.3) is 0 Å². The molecule has 1 aromatic heterocycles. The van der Waals surface area contributed by atoms with E-state index in [2.05, 4.69) is 10.4 Å². The first-order valence-corrected chi connectivity index (χ1v) is 6.49. The monoisotopic (exact) mass is 267 g/mol. The number of hydrogen-bond donors (Lipinski definition) is 2. The van der Waals surface area contributed by atoms with Crippen molar-refractivity contribution in [1.82, 2.24) is 15.1 Å². The van der Waals surface area contributed by atoms with Gasteiger partial charge in [-0.15, -0.1) is 0 Å². The molecule has 6 heteroatoms. The predicted molar refractivity (Wildman–Crippen MR) is 70.6 cm³/mol. The van der Waals surface area contributed by atoms with Gasteiger partial charge in [-0.3, -0.25) is 14.3 Å². The first-order valence-electron chi connectivity index (χ1n) is 6.49. The lowest BCUT2D eigenvalue weighted by Gasteiger charge is -2.14. The van der Waals surface area contributed by atoms with Crippen molar-refractivity contribution in [2.24, 2.45) is 5.92 Å². The highest BCUT2D eigenvalue weighted by molar-refractivity contribution is 5.79. The molecule has 1 heterocycles. The van der Waals surface area contributed by atoms with E-state index >= 15 is 0 Å². The quantitative estimate of drug-likeness (QED) is 0.746. The molecule has 1 amide bonds. The normalized spacial score (nSPS) is 13.8. The summed E-state index contributed by atoms with van der Waals surface area (Å²) in [7, 11) is 0. The lowest BCUT2D eigenvalue weighted by atomic mass is 10.0. The summed E-state index contributed by atoms with van der Waals surface area (Å²) in [6, 6.07) is 1.45. The van der Waals surface area contributed by atoms with E-state index in [1.165, 1.54) is 0 Å². The fraction of sp³-hybridized carbons (Fsp3) is 0.615. The van der Waals surface area contributed by atoms with E-state index in [0.29, 0.717) is 13.0 Å². The predicted octanol–water partition coefficient (Wildman–Crippen LogP) is 1.45. The van der Waals surface area contributed by atoms with Crippen LogP contribution in [0.15, 0.2) is 18.5 Å². The van der Waals surface area contributed by atoms with Crippen LogP contribution >= 0.6 is 0 Å². The molecule has 0 saturated carbocycles. The second-order valence-electron chi connectivity index (χ2n) is 4.78. The smallest absolute Gasteiger partial charge is 0.303 e. The zero-order chi connectivity index (χ0) is 14.3. The molecule has 0 bridgehead atoms. The fourth-order valence-electron chi connectivity index (χ4n) is 1.73. The number of nitrogens with zero attached hydrogens (tertiary/aromatic N) is 2. The molecule has 6 nitrogen and oxygen atoms in total. The van der Waals surface area contributed by atoms with Crippen molar-refractivity contribution in [3.63, 3.8) is 0 Å². The SMILES string of the molecule is CC(CCNC(=O)C(C)n1cccn1)CCC(=O)O. The first kappa shape index (κ1) is 15.2. The zero-order valence-electron chi connectivity index (χ0n) is 11.4. The highest BCUT2D eigenvalue weighted by Crippen LogP contribution is 2.09. The van der Waals surface area contributed by atoms with Crippen LogP contribution < -0.4 is 5.32 Å². The number of aromatic nitrogens is 2. The summed E-state index contributed by atoms with van der Waals surface area (Å²) < 4.78 is 1.60. The standard InChI is InChI=1S/C13H21N3O3/c1-10(4-5-12(17)18)6-8-14-13(19)11(2)16-9-3-7-15-16/h3,7,9-11H,4-6,8H2,1-2H3,(H,14,19)(H,17,18). The number of carboxylic acids is 1. The van der Waals surface area contributed by atoms with Crippen LogP contribution in [-0.4, -0.2) is 33.3 Å². The van der Waals surface area contributed by atoms with Crippen LogP contribution in [0.25, 0.3) is 0 Å². The number of hydrogen-bond acceptors (Lipinski definition) is 3. The molecule has 2 atom stereocenters. The molecule has 1 rings (SSSR count). The van der Waals surface area contributed by atoms with E-state index in [9.17, 15) is 9.59 Å². The van der Waals surface area contributed by atoms with Gasteiger partial charge in [0.15, 0.2) is 0 Å². The average Bonchev–Trinajstić information content (AvgIpc) is 2.89. The summed E-state index contributed by atoms with van der Waals surface area (Å²) in [6.45, 7) is 4.34. The third-order valence-electron chi connectivity index (χ3n) is 3.09. The molecular weight excluding hydrogens is 246 g/mol. The van der Waals surface area contributed by atoms with Crippen LogP contribution in [0.4, 0.5) is 0 Å². The van der Waals surface area contributed by atoms with Crippen molar-refractivity contribution >= 4 is 11.9 Å². The molecule has 0 aliphatic carbocycles. The van der Waals surface area contributed by atoms with E-state index in [4.69, 9.17) is 5.11 Å². The molecule has 0 aliphatic rings. The lowest BCUT2D eigenvalue weighted by molar-refractivity contribution is -0.137. The molecule has 19 heavy (non-hydrogen) atoms. The van der Waals surface area contributed by atoms with Gasteiger partial charge in [0.05, 0.1) is 0 Å². The van der Waals surface area contributed by atoms with Crippen molar-refractivity contribution in [3.05, 3.63) is 18.5 Å². The van der Waals surface area contributed by atoms with Gasteiger partial charge in [-0.2, -0.15) is 5.10 Å². The third-order valence-corrected chi connectivity index (χ3v) is 3.09. The number of amides is 1. The summed E-state index contributed by atoms with van der Waals surface area (Å²) in [5, 5.41) is 15.4. The van der Waals surface area contributed by atoms with E-state index in [0.717, 1.165) is 6.42 Å². The van der Waals surface area contributed by atoms with Crippen molar-refractivity contribution < 1.29 is 14.7 Å². The number of carbonyl (C=O) groups excluding carboxylic acids is 1. The maximum absolute atomic E-state index is 11.8. The number of rotatable bonds is 8. The molecule has 0 saturated heterocycles. The van der Waals surface area contributed by atoms with Crippen LogP contribution in [-0.2, 0) is 9.59 Å². The van der Waals surface area contributed by atoms with Gasteiger partial charge in [-0.1, -0.05) is 6.92 Å². The largest absolute Gasteiger partial charge is 0.481 e. The van der Waals surface area contributed by atoms with Crippen LogP contribution in [0.5, 0.6) is 0 Å². The highest BCUT2D eigenvalue weighted by atomic mass is 16.4. The number of carboxylic acid groups (broad SMARTS) is 1. The molecule has 106 valence electrons. The summed E-state index contributed by atoms with van der Waals surface area (Å²) in [5.41, 5.74) is 0. The molecule has 0 fully saturated rings. The Labute approximate surface area is 112 Å². The summed E-state index contributed by atoms with van der Waals surface area (Å²) >= 11 is 0. The minimum absolute atomic E-state index is 0.0749. The summed E-state index contributed by atoms with van der Waals surface area (Å²) in [4.78, 5) is 22.2. The first-order chi connectivity index (χ1) is 9.00. The molecule has 2 N–H and O–H groups in total. The van der Waals surface area contributed by atoms with Crippen molar-refractivity contribution in [2.75, 3.05) is 6.54 Å². The Morgan fingerprint density at radius 3 is 2.68 bits per heavy atom. The Kier molecular flexibility index (Phi) is 6.05. The third kappa shape index (κ3) is 5.54. The Hall–Kier alpha value is -1.85. The van der Waals surface area contributed by atoms with Gasteiger partial charge < -0.3 is 10.4 Å². The maximum atomic E-state index is 11.8.